The van der Waals surface area contributed by atoms with E-state index in [4.69, 9.17) is 4.74 Å². The Bertz CT molecular complexity index is 351. The Morgan fingerprint density at radius 3 is 2.56 bits per heavy atom. The van der Waals surface area contributed by atoms with E-state index in [1.165, 1.54) is 0 Å². The van der Waals surface area contributed by atoms with E-state index in [0.29, 0.717) is 18.9 Å². The molecule has 1 atom stereocenters. The van der Waals surface area contributed by atoms with E-state index in [0.717, 1.165) is 5.56 Å². The molecule has 1 rings (SSSR count). The van der Waals surface area contributed by atoms with Crippen molar-refractivity contribution in [2.24, 2.45) is 5.92 Å². The first kappa shape index (κ1) is 14.5. The summed E-state index contributed by atoms with van der Waals surface area (Å²) in [5, 5.41) is 11.9. The molecule has 0 bridgehead atoms. The molecule has 1 aromatic rings. The second kappa shape index (κ2) is 7.71. The maximum absolute atomic E-state index is 11.5. The van der Waals surface area contributed by atoms with Crippen LogP contribution in [0.4, 0.5) is 4.79 Å². The largest absolute Gasteiger partial charge is 0.449 e. The van der Waals surface area contributed by atoms with E-state index in [1.54, 1.807) is 0 Å². The smallest absolute Gasteiger partial charge is 0.407 e. The van der Waals surface area contributed by atoms with Crippen molar-refractivity contribution in [2.45, 2.75) is 26.3 Å². The fourth-order valence-electron chi connectivity index (χ4n) is 1.51. The van der Waals surface area contributed by atoms with Crippen LogP contribution in [0.2, 0.25) is 0 Å². The van der Waals surface area contributed by atoms with Gasteiger partial charge in [-0.25, -0.2) is 4.79 Å². The van der Waals surface area contributed by atoms with Gasteiger partial charge in [0.25, 0.3) is 0 Å². The molecule has 1 amide bonds. The van der Waals surface area contributed by atoms with E-state index in [9.17, 15) is 9.90 Å². The van der Waals surface area contributed by atoms with Gasteiger partial charge in [0, 0.05) is 0 Å². The Labute approximate surface area is 108 Å². The van der Waals surface area contributed by atoms with Gasteiger partial charge in [0.05, 0.1) is 19.3 Å². The monoisotopic (exact) mass is 251 g/mol. The highest BCUT2D eigenvalue weighted by molar-refractivity contribution is 5.67. The molecule has 0 spiro atoms. The second-order valence-corrected chi connectivity index (χ2v) is 4.71. The van der Waals surface area contributed by atoms with Crippen molar-refractivity contribution >= 4 is 6.09 Å². The number of rotatable bonds is 6. The second-order valence-electron chi connectivity index (χ2n) is 4.71. The van der Waals surface area contributed by atoms with Gasteiger partial charge in [-0.15, -0.1) is 0 Å². The van der Waals surface area contributed by atoms with E-state index >= 15 is 0 Å². The van der Waals surface area contributed by atoms with Gasteiger partial charge >= 0.3 is 6.09 Å². The summed E-state index contributed by atoms with van der Waals surface area (Å²) in [4.78, 5) is 11.5. The van der Waals surface area contributed by atoms with Gasteiger partial charge in [-0.2, -0.15) is 0 Å². The van der Waals surface area contributed by atoms with Crippen LogP contribution in [0.1, 0.15) is 19.4 Å². The minimum atomic E-state index is -0.473. The van der Waals surface area contributed by atoms with E-state index in [2.05, 4.69) is 5.32 Å². The van der Waals surface area contributed by atoms with Crippen LogP contribution in [-0.2, 0) is 11.2 Å². The fraction of sp³-hybridized carbons (Fsp3) is 0.500. The zero-order chi connectivity index (χ0) is 13.4. The van der Waals surface area contributed by atoms with Gasteiger partial charge in [-0.1, -0.05) is 44.2 Å². The fourth-order valence-corrected chi connectivity index (χ4v) is 1.51. The third-order valence-corrected chi connectivity index (χ3v) is 2.42. The average Bonchev–Trinajstić information content (AvgIpc) is 2.37. The third-order valence-electron chi connectivity index (χ3n) is 2.42. The molecule has 0 aliphatic carbocycles. The molecule has 0 heterocycles. The number of amides is 1. The van der Waals surface area contributed by atoms with Crippen LogP contribution in [0.3, 0.4) is 0 Å². The summed E-state index contributed by atoms with van der Waals surface area (Å²) in [5.41, 5.74) is 1.07. The Morgan fingerprint density at radius 1 is 1.33 bits per heavy atom. The highest BCUT2D eigenvalue weighted by Crippen LogP contribution is 2.03. The molecule has 0 aliphatic rings. The SMILES string of the molecule is CC(C)COC(=O)NC(CO)Cc1ccccc1. The van der Waals surface area contributed by atoms with Gasteiger partial charge in [0.15, 0.2) is 0 Å². The van der Waals surface area contributed by atoms with E-state index in [-0.39, 0.29) is 12.6 Å². The highest BCUT2D eigenvalue weighted by Gasteiger charge is 2.13. The molecule has 0 aliphatic heterocycles. The van der Waals surface area contributed by atoms with Crippen molar-refractivity contribution in [3.63, 3.8) is 0 Å². The molecule has 100 valence electrons. The first-order valence-electron chi connectivity index (χ1n) is 6.20. The Morgan fingerprint density at radius 2 is 2.00 bits per heavy atom. The molecule has 0 aromatic heterocycles. The number of ether oxygens (including phenoxy) is 1. The molecular formula is C14H21NO3. The van der Waals surface area contributed by atoms with Crippen molar-refractivity contribution in [2.75, 3.05) is 13.2 Å². The van der Waals surface area contributed by atoms with Crippen LogP contribution >= 0.6 is 0 Å². The zero-order valence-electron chi connectivity index (χ0n) is 10.9. The molecule has 1 aromatic carbocycles. The maximum Gasteiger partial charge on any atom is 0.407 e. The lowest BCUT2D eigenvalue weighted by Crippen LogP contribution is -2.39. The van der Waals surface area contributed by atoms with Crippen molar-refractivity contribution in [1.82, 2.24) is 5.32 Å². The molecule has 18 heavy (non-hydrogen) atoms. The highest BCUT2D eigenvalue weighted by atomic mass is 16.5. The van der Waals surface area contributed by atoms with Gasteiger partial charge < -0.3 is 15.2 Å². The molecule has 0 radical (unpaired) electrons. The van der Waals surface area contributed by atoms with Gasteiger partial charge in [0.1, 0.15) is 0 Å². The lowest BCUT2D eigenvalue weighted by molar-refractivity contribution is 0.123. The number of nitrogens with one attached hydrogen (secondary N) is 1. The summed E-state index contributed by atoms with van der Waals surface area (Å²) in [6.07, 6.45) is 0.118. The van der Waals surface area contributed by atoms with Crippen LogP contribution in [-0.4, -0.2) is 30.5 Å². The minimum absolute atomic E-state index is 0.105. The average molecular weight is 251 g/mol. The topological polar surface area (TPSA) is 58.6 Å². The Balaban J connectivity index is 2.40. The molecule has 0 saturated heterocycles. The minimum Gasteiger partial charge on any atom is -0.449 e. The quantitative estimate of drug-likeness (QED) is 0.812. The summed E-state index contributed by atoms with van der Waals surface area (Å²) in [6.45, 7) is 4.22. The van der Waals surface area contributed by atoms with Crippen LogP contribution in [0.5, 0.6) is 0 Å². The van der Waals surface area contributed by atoms with Crippen LogP contribution in [0.15, 0.2) is 30.3 Å². The van der Waals surface area contributed by atoms with E-state index < -0.39 is 6.09 Å². The zero-order valence-corrected chi connectivity index (χ0v) is 10.9. The van der Waals surface area contributed by atoms with Crippen LogP contribution < -0.4 is 5.32 Å². The molecule has 4 heteroatoms. The van der Waals surface area contributed by atoms with Crippen molar-refractivity contribution in [1.29, 1.82) is 0 Å². The maximum atomic E-state index is 11.5. The van der Waals surface area contributed by atoms with Gasteiger partial charge in [-0.3, -0.25) is 0 Å². The first-order valence-corrected chi connectivity index (χ1v) is 6.20. The van der Waals surface area contributed by atoms with Gasteiger partial charge in [-0.05, 0) is 17.9 Å². The summed E-state index contributed by atoms with van der Waals surface area (Å²) in [7, 11) is 0. The predicted molar refractivity (Wildman–Crippen MR) is 70.3 cm³/mol. The summed E-state index contributed by atoms with van der Waals surface area (Å²) >= 11 is 0. The standard InChI is InChI=1S/C14H21NO3/c1-11(2)10-18-14(17)15-13(9-16)8-12-6-4-3-5-7-12/h3-7,11,13,16H,8-10H2,1-2H3,(H,15,17). The number of alkyl carbamates (subject to hydrolysis) is 1. The number of aliphatic hydroxyl groups excluding tert-OH is 1. The van der Waals surface area contributed by atoms with Gasteiger partial charge in [0.2, 0.25) is 0 Å². The predicted octanol–water partition coefficient (Wildman–Crippen LogP) is 1.97. The summed E-state index contributed by atoms with van der Waals surface area (Å²) < 4.78 is 5.01. The van der Waals surface area contributed by atoms with Crippen molar-refractivity contribution < 1.29 is 14.6 Å². The number of carbonyl (C=O) groups excluding carboxylic acids is 1. The number of aliphatic hydroxyl groups is 1. The van der Waals surface area contributed by atoms with Crippen LogP contribution in [0, 0.1) is 5.92 Å². The van der Waals surface area contributed by atoms with Crippen molar-refractivity contribution in [3.8, 4) is 0 Å². The molecular weight excluding hydrogens is 230 g/mol. The molecule has 4 nitrogen and oxygen atoms in total. The number of benzene rings is 1. The number of hydrogen-bond acceptors (Lipinski definition) is 3. The lowest BCUT2D eigenvalue weighted by Gasteiger charge is -2.16. The number of hydrogen-bond donors (Lipinski definition) is 2. The first-order chi connectivity index (χ1) is 8.61. The van der Waals surface area contributed by atoms with Crippen molar-refractivity contribution in [3.05, 3.63) is 35.9 Å². The summed E-state index contributed by atoms with van der Waals surface area (Å²) in [6, 6.07) is 9.41. The Kier molecular flexibility index (Phi) is 6.22. The molecule has 0 saturated carbocycles. The lowest BCUT2D eigenvalue weighted by atomic mass is 10.1. The third kappa shape index (κ3) is 5.68. The summed E-state index contributed by atoms with van der Waals surface area (Å²) in [5.74, 6) is 0.303. The molecule has 1 unspecified atom stereocenters. The number of carbonyl (C=O) groups is 1. The Hall–Kier alpha value is -1.55. The van der Waals surface area contributed by atoms with E-state index in [1.807, 2.05) is 44.2 Å². The van der Waals surface area contributed by atoms with Crippen LogP contribution in [0.25, 0.3) is 0 Å². The normalized spacial score (nSPS) is 12.2. The molecule has 0 fully saturated rings. The molecule has 2 N–H and O–H groups in total.